The van der Waals surface area contributed by atoms with E-state index in [1.54, 1.807) is 13.1 Å². The van der Waals surface area contributed by atoms with Crippen LogP contribution in [0.5, 0.6) is 0 Å². The molecule has 2 aliphatic rings. The third kappa shape index (κ3) is 11.3. The van der Waals surface area contributed by atoms with E-state index in [1.165, 1.54) is 18.2 Å². The third-order valence-corrected chi connectivity index (χ3v) is 11.8. The van der Waals surface area contributed by atoms with Gasteiger partial charge in [0.1, 0.15) is 27.3 Å². The summed E-state index contributed by atoms with van der Waals surface area (Å²) in [5.41, 5.74) is 3.07. The van der Waals surface area contributed by atoms with Gasteiger partial charge in [-0.15, -0.1) is 47.7 Å². The first-order valence-electron chi connectivity index (χ1n) is 14.8. The Bertz CT molecular complexity index is 2760. The van der Waals surface area contributed by atoms with Crippen molar-refractivity contribution in [3.8, 4) is 0 Å². The number of rotatable bonds is 5. The molecule has 0 bridgehead atoms. The van der Waals surface area contributed by atoms with Crippen molar-refractivity contribution in [3.63, 3.8) is 0 Å². The average molecular weight is 930 g/mol. The van der Waals surface area contributed by atoms with Gasteiger partial charge in [0, 0.05) is 46.9 Å². The molecule has 22 heteroatoms. The van der Waals surface area contributed by atoms with Crippen molar-refractivity contribution in [1.29, 1.82) is 0 Å². The Morgan fingerprint density at radius 1 is 0.727 bits per heavy atom. The van der Waals surface area contributed by atoms with E-state index in [9.17, 15) is 38.9 Å². The molecular weight excluding hydrogens is 901 g/mol. The van der Waals surface area contributed by atoms with Gasteiger partial charge < -0.3 is 18.6 Å². The molecule has 0 atom stereocenters. The van der Waals surface area contributed by atoms with Gasteiger partial charge in [0.25, 0.3) is 0 Å². The Kier molecular flexibility index (Phi) is 20.3. The molecule has 0 aliphatic carbocycles. The van der Waals surface area contributed by atoms with Crippen LogP contribution in [0, 0.1) is 6.07 Å². The summed E-state index contributed by atoms with van der Waals surface area (Å²) in [6.07, 6.45) is 5.65. The van der Waals surface area contributed by atoms with Crippen LogP contribution in [0.4, 0.5) is 11.4 Å². The van der Waals surface area contributed by atoms with Crippen LogP contribution in [-0.2, 0) is 51.8 Å². The zero-order valence-electron chi connectivity index (χ0n) is 31.8. The van der Waals surface area contributed by atoms with E-state index >= 15 is 0 Å². The molecule has 0 aromatic heterocycles. The fourth-order valence-corrected chi connectivity index (χ4v) is 8.96. The van der Waals surface area contributed by atoms with Crippen molar-refractivity contribution in [3.05, 3.63) is 89.6 Å². The van der Waals surface area contributed by atoms with Gasteiger partial charge in [0.05, 0.1) is 25.3 Å². The molecule has 0 N–H and O–H groups in total. The van der Waals surface area contributed by atoms with Gasteiger partial charge in [-0.2, -0.15) is 4.58 Å². The molecule has 55 heavy (non-hydrogen) atoms. The molecule has 0 saturated carbocycles. The van der Waals surface area contributed by atoms with Gasteiger partial charge in [-0.1, -0.05) is 26.0 Å². The molecule has 0 amide bonds. The molecule has 270 valence electrons. The fourth-order valence-electron chi connectivity index (χ4n) is 7.17. The van der Waals surface area contributed by atoms with Crippen LogP contribution in [-0.4, -0.2) is 75.9 Å². The topological polar surface area (TPSA) is 229 Å². The van der Waals surface area contributed by atoms with Crippen LogP contribution < -0.4 is 210 Å². The molecule has 2 heterocycles. The first-order chi connectivity index (χ1) is 23.3. The van der Waals surface area contributed by atoms with Crippen LogP contribution in [0.2, 0.25) is 0 Å². The molecule has 0 fully saturated rings. The van der Waals surface area contributed by atoms with Crippen LogP contribution in [0.3, 0.4) is 0 Å². The minimum absolute atomic E-state index is 0. The van der Waals surface area contributed by atoms with Gasteiger partial charge in [-0.25, -0.2) is 25.3 Å². The minimum atomic E-state index is -5.13. The number of likely N-dealkylation sites (N-methyl/N-ethyl adjacent to an activating group) is 1. The molecule has 4 aromatic carbocycles. The predicted octanol–water partition coefficient (Wildman–Crippen LogP) is -8.61. The van der Waals surface area contributed by atoms with E-state index in [-0.39, 0.29) is 221 Å². The van der Waals surface area contributed by atoms with Gasteiger partial charge in [0.2, 0.25) is 5.69 Å². The van der Waals surface area contributed by atoms with E-state index in [0.717, 1.165) is 28.7 Å². The maximum Gasteiger partial charge on any atom is 1.00 e. The molecular formula is C33H29K4N2O12S4+. The fraction of sp³-hybridized carbons (Fsp3) is 0.242. The second kappa shape index (κ2) is 20.2. The molecule has 14 nitrogen and oxygen atoms in total. The molecule has 0 spiro atoms. The van der Waals surface area contributed by atoms with E-state index in [1.807, 2.05) is 74.6 Å². The molecule has 0 unspecified atom stereocenters. The summed E-state index contributed by atoms with van der Waals surface area (Å²) in [6.45, 7) is 7.74. The van der Waals surface area contributed by atoms with Crippen LogP contribution in [0.15, 0.2) is 87.1 Å². The summed E-state index contributed by atoms with van der Waals surface area (Å²) in [5, 5.41) is 1.47. The molecule has 2 aliphatic heterocycles. The Morgan fingerprint density at radius 3 is 1.80 bits per heavy atom. The normalized spacial score (nSPS) is 16.3. The maximum absolute atomic E-state index is 12.1. The Morgan fingerprint density at radius 2 is 1.27 bits per heavy atom. The minimum Gasteiger partial charge on any atom is -0.752 e. The zero-order valence-corrected chi connectivity index (χ0v) is 47.5. The molecule has 0 saturated heterocycles. The standard InChI is InChI=1S/C33H32N2O9S3.4K.O3S/c1-32(2)28(34(5)25-14-11-19-10-12-20(45(36,37)38)16-23(19)30(25)32)8-7-9-29-33(3,4)31-24-17-21(46(39,40)41)18-27(47(42,43)44)22(24)13-15-26(31)35(29)6;;;;;1-4(2)3/h7-9,11-18H,1-6H3,(H,36,37,38)(H,39,40,41)(H,42,43,44);;;;;/q;4*+1;/p-3. The summed E-state index contributed by atoms with van der Waals surface area (Å²) < 4.78 is 135. The van der Waals surface area contributed by atoms with Crippen LogP contribution in [0.1, 0.15) is 38.8 Å². The number of benzene rings is 4. The Hall–Kier alpha value is 2.25. The van der Waals surface area contributed by atoms with Crippen molar-refractivity contribution in [2.75, 3.05) is 19.0 Å². The molecule has 0 radical (unpaired) electrons. The van der Waals surface area contributed by atoms with Crippen LogP contribution >= 0.6 is 0 Å². The average Bonchev–Trinajstić information content (AvgIpc) is 3.32. The smallest absolute Gasteiger partial charge is 0.752 e. The first-order valence-corrected chi connectivity index (χ1v) is 20.0. The van der Waals surface area contributed by atoms with E-state index in [2.05, 4.69) is 6.07 Å². The predicted molar refractivity (Wildman–Crippen MR) is 183 cm³/mol. The van der Waals surface area contributed by atoms with E-state index in [4.69, 9.17) is 12.6 Å². The quantitative estimate of drug-likeness (QED) is 0.0786. The molecule has 6 rings (SSSR count). The zero-order chi connectivity index (χ0) is 38.2. The number of hydrogen-bond donors (Lipinski definition) is 0. The largest absolute Gasteiger partial charge is 1.00 e. The number of allylic oxidation sites excluding steroid dienone is 4. The Balaban J connectivity index is 0.00000180. The van der Waals surface area contributed by atoms with Crippen LogP contribution in [0.25, 0.3) is 21.5 Å². The van der Waals surface area contributed by atoms with Gasteiger partial charge in [0.15, 0.2) is 5.71 Å². The monoisotopic (exact) mass is 929 g/mol. The van der Waals surface area contributed by atoms with Crippen molar-refractivity contribution in [2.45, 2.75) is 53.2 Å². The summed E-state index contributed by atoms with van der Waals surface area (Å²) in [6, 6.07) is 14.0. The number of anilines is 1. The number of hydrogen-bond acceptors (Lipinski definition) is 13. The van der Waals surface area contributed by atoms with Gasteiger partial charge >= 0.3 is 216 Å². The molecule has 4 aromatic rings. The van der Waals surface area contributed by atoms with E-state index in [0.29, 0.717) is 28.1 Å². The summed E-state index contributed by atoms with van der Waals surface area (Å²) >= 11 is 0. The van der Waals surface area contributed by atoms with Crippen molar-refractivity contribution in [2.24, 2.45) is 0 Å². The summed E-state index contributed by atoms with van der Waals surface area (Å²) in [7, 11) is -14.3. The summed E-state index contributed by atoms with van der Waals surface area (Å²) in [4.78, 5) is 0.0415. The second-order valence-corrected chi connectivity index (χ2v) is 17.5. The number of fused-ring (bicyclic) bond motifs is 6. The van der Waals surface area contributed by atoms with E-state index < -0.39 is 61.6 Å². The SMILES string of the molecule is CN1C(=CC=CC2=[N+](C)c3ccc4c(S(=O)(=O)[O-])cc(S(=O)(=O)[O-])cc4c3C2(C)C)C(C)(C)c2c1ccc1[c-]cc(S(=O)(=O)[O-])cc21.O=S(=O)=O.[K+].[K+].[K+].[K+]. The van der Waals surface area contributed by atoms with Gasteiger partial charge in [-0.3, -0.25) is 0 Å². The van der Waals surface area contributed by atoms with Crippen molar-refractivity contribution >= 4 is 79.6 Å². The third-order valence-electron chi connectivity index (χ3n) is 9.26. The Labute approximate surface area is 492 Å². The first kappa shape index (κ1) is 55.3. The summed E-state index contributed by atoms with van der Waals surface area (Å²) in [5.74, 6) is 0. The number of nitrogens with zero attached hydrogens (tertiary/aromatic N) is 2. The van der Waals surface area contributed by atoms with Gasteiger partial charge in [-0.05, 0) is 54.0 Å². The van der Waals surface area contributed by atoms with Crippen molar-refractivity contribution in [1.82, 2.24) is 0 Å². The van der Waals surface area contributed by atoms with Crippen molar-refractivity contribution < 1.29 is 262 Å². The second-order valence-electron chi connectivity index (χ2n) is 13.0. The maximum atomic E-state index is 12.1.